The summed E-state index contributed by atoms with van der Waals surface area (Å²) in [7, 11) is -3.61. The molecule has 0 atom stereocenters. The van der Waals surface area contributed by atoms with Crippen LogP contribution in [0.3, 0.4) is 0 Å². The molecular weight excluding hydrogens is 446 g/mol. The second-order valence-corrected chi connectivity index (χ2v) is 10.1. The van der Waals surface area contributed by atoms with E-state index in [1.807, 2.05) is 12.1 Å². The molecule has 0 aliphatic heterocycles. The Balaban J connectivity index is 1.74. The van der Waals surface area contributed by atoms with Crippen molar-refractivity contribution in [2.24, 2.45) is 0 Å². The van der Waals surface area contributed by atoms with Crippen molar-refractivity contribution in [2.45, 2.75) is 37.5 Å². The van der Waals surface area contributed by atoms with Crippen LogP contribution in [0, 0.1) is 0 Å². The molecule has 2 aromatic carbocycles. The van der Waals surface area contributed by atoms with E-state index in [2.05, 4.69) is 24.1 Å². The number of nitrogens with one attached hydrogen (secondary N) is 1. The third-order valence-electron chi connectivity index (χ3n) is 5.54. The molecule has 0 fully saturated rings. The molecule has 32 heavy (non-hydrogen) atoms. The quantitative estimate of drug-likeness (QED) is 0.423. The molecule has 1 heterocycles. The van der Waals surface area contributed by atoms with E-state index in [1.54, 1.807) is 47.2 Å². The fraction of sp³-hybridized carbons (Fsp3) is 0.375. The number of benzene rings is 2. The normalized spacial score (nSPS) is 11.9. The summed E-state index contributed by atoms with van der Waals surface area (Å²) in [4.78, 5) is 15.1. The van der Waals surface area contributed by atoms with E-state index in [0.29, 0.717) is 22.5 Å². The molecule has 3 rings (SSSR count). The van der Waals surface area contributed by atoms with Gasteiger partial charge in [-0.3, -0.25) is 4.79 Å². The molecule has 1 amide bonds. The summed E-state index contributed by atoms with van der Waals surface area (Å²) in [6, 6.07) is 14.1. The van der Waals surface area contributed by atoms with Crippen molar-refractivity contribution in [1.82, 2.24) is 14.8 Å². The second kappa shape index (κ2) is 11.0. The average Bonchev–Trinajstić information content (AvgIpc) is 3.15. The van der Waals surface area contributed by atoms with Gasteiger partial charge in [-0.1, -0.05) is 55.8 Å². The highest BCUT2D eigenvalue weighted by Gasteiger charge is 2.22. The summed E-state index contributed by atoms with van der Waals surface area (Å²) < 4.78 is 28.1. The van der Waals surface area contributed by atoms with Gasteiger partial charge in [-0.25, -0.2) is 8.42 Å². The standard InChI is InChI=1S/C24H30ClN3O3S/c1-3-27(4-2)15-7-14-26-24(29)17-28-16-23(21-8-5-6-9-22(21)28)32(30,31)18-19-10-12-20(25)13-11-19/h5-6,8-13,16H,3-4,7,14-15,17-18H2,1-2H3,(H,26,29). The van der Waals surface area contributed by atoms with Crippen molar-refractivity contribution in [3.8, 4) is 0 Å². The first-order valence-electron chi connectivity index (χ1n) is 10.9. The summed E-state index contributed by atoms with van der Waals surface area (Å²) in [6.45, 7) is 7.83. The van der Waals surface area contributed by atoms with E-state index in [0.717, 1.165) is 31.6 Å². The van der Waals surface area contributed by atoms with Gasteiger partial charge in [0.1, 0.15) is 6.54 Å². The summed E-state index contributed by atoms with van der Waals surface area (Å²) in [5.41, 5.74) is 1.39. The Bertz CT molecular complexity index is 1150. The van der Waals surface area contributed by atoms with E-state index in [9.17, 15) is 13.2 Å². The van der Waals surface area contributed by atoms with Crippen LogP contribution in [-0.2, 0) is 26.9 Å². The summed E-state index contributed by atoms with van der Waals surface area (Å²) in [5.74, 6) is -0.262. The number of sulfone groups is 1. The number of halogens is 1. The van der Waals surface area contributed by atoms with Crippen LogP contribution in [0.15, 0.2) is 59.6 Å². The van der Waals surface area contributed by atoms with Gasteiger partial charge in [-0.2, -0.15) is 0 Å². The van der Waals surface area contributed by atoms with Gasteiger partial charge in [0.25, 0.3) is 0 Å². The lowest BCUT2D eigenvalue weighted by Gasteiger charge is -2.17. The van der Waals surface area contributed by atoms with Gasteiger partial charge in [-0.15, -0.1) is 0 Å². The predicted molar refractivity (Wildman–Crippen MR) is 130 cm³/mol. The average molecular weight is 476 g/mol. The smallest absolute Gasteiger partial charge is 0.239 e. The molecular formula is C24H30ClN3O3S. The Hall–Kier alpha value is -2.35. The summed E-state index contributed by atoms with van der Waals surface area (Å²) in [5, 5.41) is 4.13. The SMILES string of the molecule is CCN(CC)CCCNC(=O)Cn1cc(S(=O)(=O)Cc2ccc(Cl)cc2)c2ccccc21. The number of nitrogens with zero attached hydrogens (tertiary/aromatic N) is 2. The number of hydrogen-bond acceptors (Lipinski definition) is 4. The molecule has 172 valence electrons. The molecule has 0 radical (unpaired) electrons. The van der Waals surface area contributed by atoms with Gasteiger partial charge in [-0.05, 0) is 49.8 Å². The maximum atomic E-state index is 13.2. The summed E-state index contributed by atoms with van der Waals surface area (Å²) >= 11 is 5.91. The third-order valence-corrected chi connectivity index (χ3v) is 7.50. The van der Waals surface area contributed by atoms with Gasteiger partial charge in [0.05, 0.1) is 10.6 Å². The molecule has 0 saturated heterocycles. The maximum Gasteiger partial charge on any atom is 0.239 e. The zero-order valence-corrected chi connectivity index (χ0v) is 20.1. The fourth-order valence-electron chi connectivity index (χ4n) is 3.75. The number of carbonyl (C=O) groups is 1. The Morgan fingerprint density at radius 2 is 1.75 bits per heavy atom. The van der Waals surface area contributed by atoms with Crippen molar-refractivity contribution >= 4 is 38.2 Å². The Labute approximate surface area is 195 Å². The number of aromatic nitrogens is 1. The number of amides is 1. The van der Waals surface area contributed by atoms with Crippen LogP contribution >= 0.6 is 11.6 Å². The van der Waals surface area contributed by atoms with Crippen LogP contribution in [0.25, 0.3) is 10.9 Å². The molecule has 8 heteroatoms. The lowest BCUT2D eigenvalue weighted by Crippen LogP contribution is -2.31. The number of hydrogen-bond donors (Lipinski definition) is 1. The van der Waals surface area contributed by atoms with Crippen LogP contribution < -0.4 is 5.32 Å². The summed E-state index contributed by atoms with van der Waals surface area (Å²) in [6.07, 6.45) is 2.45. The van der Waals surface area contributed by atoms with E-state index in [1.165, 1.54) is 0 Å². The number of para-hydroxylation sites is 1. The molecule has 1 N–H and O–H groups in total. The van der Waals surface area contributed by atoms with Gasteiger partial charge in [0.15, 0.2) is 9.84 Å². The Morgan fingerprint density at radius 1 is 1.06 bits per heavy atom. The van der Waals surface area contributed by atoms with Gasteiger partial charge < -0.3 is 14.8 Å². The molecule has 0 aliphatic carbocycles. The lowest BCUT2D eigenvalue weighted by molar-refractivity contribution is -0.121. The lowest BCUT2D eigenvalue weighted by atomic mass is 10.2. The van der Waals surface area contributed by atoms with Gasteiger partial charge in [0, 0.05) is 28.7 Å². The fourth-order valence-corrected chi connectivity index (χ4v) is 5.46. The molecule has 0 spiro atoms. The number of carbonyl (C=O) groups excluding carboxylic acids is 1. The van der Waals surface area contributed by atoms with Crippen molar-refractivity contribution in [3.05, 3.63) is 65.3 Å². The zero-order valence-electron chi connectivity index (χ0n) is 18.6. The van der Waals surface area contributed by atoms with E-state index in [-0.39, 0.29) is 23.1 Å². The molecule has 6 nitrogen and oxygen atoms in total. The van der Waals surface area contributed by atoms with E-state index in [4.69, 9.17) is 11.6 Å². The molecule has 0 aliphatic rings. The number of fused-ring (bicyclic) bond motifs is 1. The van der Waals surface area contributed by atoms with E-state index < -0.39 is 9.84 Å². The molecule has 0 saturated carbocycles. The first kappa shape index (κ1) is 24.3. The molecule has 0 unspecified atom stereocenters. The number of rotatable bonds is 11. The van der Waals surface area contributed by atoms with Crippen LogP contribution in [0.2, 0.25) is 5.02 Å². The van der Waals surface area contributed by atoms with Crippen molar-refractivity contribution < 1.29 is 13.2 Å². The Morgan fingerprint density at radius 3 is 2.44 bits per heavy atom. The topological polar surface area (TPSA) is 71.4 Å². The highest BCUT2D eigenvalue weighted by molar-refractivity contribution is 7.90. The van der Waals surface area contributed by atoms with Crippen LogP contribution in [0.4, 0.5) is 0 Å². The van der Waals surface area contributed by atoms with Crippen molar-refractivity contribution in [2.75, 3.05) is 26.2 Å². The molecule has 1 aromatic heterocycles. The third kappa shape index (κ3) is 6.12. The Kier molecular flexibility index (Phi) is 8.34. The minimum atomic E-state index is -3.61. The van der Waals surface area contributed by atoms with Crippen molar-refractivity contribution in [3.63, 3.8) is 0 Å². The van der Waals surface area contributed by atoms with Crippen LogP contribution in [-0.4, -0.2) is 50.0 Å². The van der Waals surface area contributed by atoms with Gasteiger partial charge >= 0.3 is 0 Å². The maximum absolute atomic E-state index is 13.2. The highest BCUT2D eigenvalue weighted by Crippen LogP contribution is 2.28. The largest absolute Gasteiger partial charge is 0.355 e. The van der Waals surface area contributed by atoms with E-state index >= 15 is 0 Å². The van der Waals surface area contributed by atoms with Crippen LogP contribution in [0.5, 0.6) is 0 Å². The first-order valence-corrected chi connectivity index (χ1v) is 12.9. The zero-order chi connectivity index (χ0) is 23.1. The van der Waals surface area contributed by atoms with Gasteiger partial charge in [0.2, 0.25) is 5.91 Å². The monoisotopic (exact) mass is 475 g/mol. The molecule has 3 aromatic rings. The second-order valence-electron chi connectivity index (χ2n) is 7.75. The minimum absolute atomic E-state index is 0.0717. The first-order chi connectivity index (χ1) is 15.3. The highest BCUT2D eigenvalue weighted by atomic mass is 35.5. The van der Waals surface area contributed by atoms with Crippen molar-refractivity contribution in [1.29, 1.82) is 0 Å². The predicted octanol–water partition coefficient (Wildman–Crippen LogP) is 4.12. The minimum Gasteiger partial charge on any atom is -0.355 e. The molecule has 0 bridgehead atoms. The van der Waals surface area contributed by atoms with Crippen LogP contribution in [0.1, 0.15) is 25.8 Å².